The maximum Gasteiger partial charge on any atom is 0.306 e. The van der Waals surface area contributed by atoms with E-state index in [1.54, 1.807) is 0 Å². The Bertz CT molecular complexity index is 1540. The molecule has 0 aromatic rings. The van der Waals surface area contributed by atoms with Crippen molar-refractivity contribution >= 4 is 11.9 Å². The number of ether oxygens (including phenoxy) is 2. The molecule has 0 aliphatic carbocycles. The highest BCUT2D eigenvalue weighted by Crippen LogP contribution is 2.17. The van der Waals surface area contributed by atoms with Crippen LogP contribution in [0.3, 0.4) is 0 Å². The second-order valence-corrected chi connectivity index (χ2v) is 22.9. The number of aliphatic hydroxyl groups excluding tert-OH is 1. The number of hydrogen-bond acceptors (Lipinski definition) is 5. The molecular formula is C75H130O5. The molecule has 0 aliphatic rings. The van der Waals surface area contributed by atoms with E-state index in [4.69, 9.17) is 9.47 Å². The lowest BCUT2D eigenvalue weighted by Gasteiger charge is -2.15. The highest BCUT2D eigenvalue weighted by Gasteiger charge is 2.16. The van der Waals surface area contributed by atoms with E-state index in [2.05, 4.69) is 123 Å². The number of carbonyl (C=O) groups excluding carboxylic acids is 2. The van der Waals surface area contributed by atoms with Crippen molar-refractivity contribution in [2.24, 2.45) is 0 Å². The van der Waals surface area contributed by atoms with Crippen LogP contribution in [0.25, 0.3) is 0 Å². The second-order valence-electron chi connectivity index (χ2n) is 22.9. The van der Waals surface area contributed by atoms with Gasteiger partial charge in [0.05, 0.1) is 6.61 Å². The van der Waals surface area contributed by atoms with Gasteiger partial charge in [-0.2, -0.15) is 0 Å². The van der Waals surface area contributed by atoms with Gasteiger partial charge in [-0.3, -0.25) is 9.59 Å². The van der Waals surface area contributed by atoms with Crippen molar-refractivity contribution in [3.63, 3.8) is 0 Å². The van der Waals surface area contributed by atoms with E-state index in [1.807, 2.05) is 0 Å². The molecule has 0 aliphatic heterocycles. The molecular weight excluding hydrogens is 981 g/mol. The Labute approximate surface area is 497 Å². The molecule has 0 radical (unpaired) electrons. The Morgan fingerprint density at radius 1 is 0.300 bits per heavy atom. The van der Waals surface area contributed by atoms with Crippen LogP contribution >= 0.6 is 0 Å². The summed E-state index contributed by atoms with van der Waals surface area (Å²) in [5, 5.41) is 9.70. The molecule has 1 unspecified atom stereocenters. The van der Waals surface area contributed by atoms with Crippen molar-refractivity contribution in [1.82, 2.24) is 0 Å². The van der Waals surface area contributed by atoms with Crippen molar-refractivity contribution in [1.29, 1.82) is 0 Å². The molecule has 0 saturated heterocycles. The Morgan fingerprint density at radius 2 is 0.537 bits per heavy atom. The van der Waals surface area contributed by atoms with E-state index in [1.165, 1.54) is 218 Å². The average Bonchev–Trinajstić information content (AvgIpc) is 3.46. The van der Waals surface area contributed by atoms with Crippen LogP contribution in [-0.2, 0) is 19.1 Å². The van der Waals surface area contributed by atoms with Crippen molar-refractivity contribution in [3.8, 4) is 0 Å². The first-order valence-electron chi connectivity index (χ1n) is 34.4. The van der Waals surface area contributed by atoms with Crippen molar-refractivity contribution in [2.45, 2.75) is 341 Å². The number of carbonyl (C=O) groups is 2. The Balaban J connectivity index is 3.44. The van der Waals surface area contributed by atoms with Gasteiger partial charge in [0.2, 0.25) is 0 Å². The van der Waals surface area contributed by atoms with Crippen molar-refractivity contribution in [3.05, 3.63) is 109 Å². The summed E-state index contributed by atoms with van der Waals surface area (Å²) >= 11 is 0. The molecule has 80 heavy (non-hydrogen) atoms. The highest BCUT2D eigenvalue weighted by atomic mass is 16.6. The molecule has 0 heterocycles. The SMILES string of the molecule is CC/C=C\C/C=C\C/C=C\C/C=C\C/C=C\C/C=C\CCCCCCCCCCCCCCCCCCCCCCCCC(=O)OC(CO)COC(=O)CCCCCCCCCCCC/C=C\C/C=C\C/C=C\CCCCCCC. The summed E-state index contributed by atoms with van der Waals surface area (Å²) in [6.45, 7) is 4.04. The van der Waals surface area contributed by atoms with Crippen LogP contribution in [0.4, 0.5) is 0 Å². The maximum absolute atomic E-state index is 12.4. The minimum Gasteiger partial charge on any atom is -0.462 e. The number of unbranched alkanes of at least 4 members (excludes halogenated alkanes) is 37. The largest absolute Gasteiger partial charge is 0.462 e. The maximum atomic E-state index is 12.4. The molecule has 0 amide bonds. The van der Waals surface area contributed by atoms with E-state index in [0.717, 1.165) is 89.9 Å². The van der Waals surface area contributed by atoms with Crippen LogP contribution in [0.15, 0.2) is 109 Å². The van der Waals surface area contributed by atoms with Crippen LogP contribution < -0.4 is 0 Å². The molecule has 0 rings (SSSR count). The fourth-order valence-electron chi connectivity index (χ4n) is 9.92. The zero-order valence-corrected chi connectivity index (χ0v) is 52.8. The normalized spacial score (nSPS) is 12.9. The Hall–Kier alpha value is -3.44. The molecule has 0 bridgehead atoms. The molecule has 0 aromatic heterocycles. The lowest BCUT2D eigenvalue weighted by molar-refractivity contribution is -0.161. The second kappa shape index (κ2) is 69.8. The van der Waals surface area contributed by atoms with E-state index in [9.17, 15) is 14.7 Å². The molecule has 0 fully saturated rings. The van der Waals surface area contributed by atoms with Gasteiger partial charge in [0.15, 0.2) is 6.10 Å². The number of aliphatic hydroxyl groups is 1. The smallest absolute Gasteiger partial charge is 0.306 e. The highest BCUT2D eigenvalue weighted by molar-refractivity contribution is 5.70. The lowest BCUT2D eigenvalue weighted by Crippen LogP contribution is -2.28. The summed E-state index contributed by atoms with van der Waals surface area (Å²) in [4.78, 5) is 24.6. The van der Waals surface area contributed by atoms with Crippen LogP contribution in [0.2, 0.25) is 0 Å². The summed E-state index contributed by atoms with van der Waals surface area (Å²) in [6, 6.07) is 0. The number of esters is 2. The van der Waals surface area contributed by atoms with Crippen LogP contribution in [0.1, 0.15) is 335 Å². The zero-order valence-electron chi connectivity index (χ0n) is 52.8. The van der Waals surface area contributed by atoms with Gasteiger partial charge in [-0.25, -0.2) is 0 Å². The minimum absolute atomic E-state index is 0.0682. The van der Waals surface area contributed by atoms with Gasteiger partial charge in [0, 0.05) is 12.8 Å². The van der Waals surface area contributed by atoms with Gasteiger partial charge in [0.1, 0.15) is 6.61 Å². The number of allylic oxidation sites excluding steroid dienone is 18. The number of rotatable bonds is 63. The van der Waals surface area contributed by atoms with E-state index < -0.39 is 6.10 Å². The van der Waals surface area contributed by atoms with Crippen molar-refractivity contribution < 1.29 is 24.2 Å². The predicted molar refractivity (Wildman–Crippen MR) is 352 cm³/mol. The molecule has 5 nitrogen and oxygen atoms in total. The Morgan fingerprint density at radius 3 is 0.812 bits per heavy atom. The summed E-state index contributed by atoms with van der Waals surface area (Å²) in [5.41, 5.74) is 0. The van der Waals surface area contributed by atoms with Gasteiger partial charge in [-0.1, -0.05) is 329 Å². The first kappa shape index (κ1) is 76.6. The first-order valence-corrected chi connectivity index (χ1v) is 34.4. The van der Waals surface area contributed by atoms with Crippen LogP contribution in [0, 0.1) is 0 Å². The van der Waals surface area contributed by atoms with E-state index in [-0.39, 0.29) is 25.2 Å². The summed E-state index contributed by atoms with van der Waals surface area (Å²) in [5.74, 6) is -0.584. The third-order valence-corrected chi connectivity index (χ3v) is 15.1. The van der Waals surface area contributed by atoms with Gasteiger partial charge in [-0.15, -0.1) is 0 Å². The molecule has 0 saturated carbocycles. The van der Waals surface area contributed by atoms with Gasteiger partial charge in [0.25, 0.3) is 0 Å². The van der Waals surface area contributed by atoms with Gasteiger partial charge >= 0.3 is 11.9 Å². The Kier molecular flexibility index (Phi) is 66.8. The fourth-order valence-corrected chi connectivity index (χ4v) is 9.92. The lowest BCUT2D eigenvalue weighted by atomic mass is 10.0. The van der Waals surface area contributed by atoms with Crippen LogP contribution in [0.5, 0.6) is 0 Å². The standard InChI is InChI=1S/C75H130O5/c1-3-5-7-9-11-13-15-17-19-21-23-25-27-29-30-31-32-33-34-35-36-37-38-39-40-41-42-43-44-46-48-50-52-54-56-58-60-62-64-66-68-70-75(78)80-73(71-76)72-79-74(77)69-67-65-63-61-59-57-55-53-51-49-47-45-28-26-24-22-20-18-16-14-12-10-8-6-4-2/h5,7,11,13,16-19,22-25,28-30,32-33,45,73,76H,3-4,6,8-10,12,14-15,20-21,26-27,31,34-44,46-72H2,1-2H3/b7-5-,13-11-,18-16-,19-17-,24-22-,25-23-,30-29-,33-32-,45-28-. The molecule has 0 spiro atoms. The topological polar surface area (TPSA) is 72.8 Å². The molecule has 5 heteroatoms. The minimum atomic E-state index is -0.778. The number of hydrogen-bond donors (Lipinski definition) is 1. The quantitative estimate of drug-likeness (QED) is 0.0373. The van der Waals surface area contributed by atoms with E-state index >= 15 is 0 Å². The zero-order chi connectivity index (χ0) is 57.6. The van der Waals surface area contributed by atoms with Gasteiger partial charge in [-0.05, 0) is 103 Å². The molecule has 1 atom stereocenters. The van der Waals surface area contributed by atoms with Gasteiger partial charge < -0.3 is 14.6 Å². The third kappa shape index (κ3) is 67.1. The summed E-state index contributed by atoms with van der Waals surface area (Å²) < 4.78 is 10.8. The third-order valence-electron chi connectivity index (χ3n) is 15.1. The average molecular weight is 1110 g/mol. The van der Waals surface area contributed by atoms with E-state index in [0.29, 0.717) is 12.8 Å². The van der Waals surface area contributed by atoms with Crippen LogP contribution in [-0.4, -0.2) is 36.4 Å². The monoisotopic (exact) mass is 1110 g/mol. The summed E-state index contributed by atoms with van der Waals surface area (Å²) in [6.07, 6.45) is 101. The molecule has 460 valence electrons. The summed E-state index contributed by atoms with van der Waals surface area (Å²) in [7, 11) is 0. The predicted octanol–water partition coefficient (Wildman–Crippen LogP) is 24.0. The first-order chi connectivity index (χ1) is 39.6. The molecule has 0 aromatic carbocycles. The van der Waals surface area contributed by atoms with Crippen molar-refractivity contribution in [2.75, 3.05) is 13.2 Å². The molecule has 1 N–H and O–H groups in total. The fraction of sp³-hybridized carbons (Fsp3) is 0.733.